The number of carbonyl (C=O) groups excluding carboxylic acids is 2. The molecular weight excluding hydrogens is 404 g/mol. The van der Waals surface area contributed by atoms with Gasteiger partial charge in [-0.15, -0.1) is 0 Å². The van der Waals surface area contributed by atoms with Gasteiger partial charge in [-0.05, 0) is 51.1 Å². The molecule has 0 N–H and O–H groups in total. The zero-order chi connectivity index (χ0) is 22.8. The lowest BCUT2D eigenvalue weighted by atomic mass is 9.98. The molecule has 0 aliphatic carbocycles. The molecule has 8 heteroatoms. The predicted molar refractivity (Wildman–Crippen MR) is 124 cm³/mol. The Kier molecular flexibility index (Phi) is 6.98. The molecule has 3 aliphatic heterocycles. The van der Waals surface area contributed by atoms with E-state index in [-0.39, 0.29) is 17.9 Å². The maximum Gasteiger partial charge on any atom is 0.237 e. The Morgan fingerprint density at radius 1 is 1.03 bits per heavy atom. The van der Waals surface area contributed by atoms with Crippen molar-refractivity contribution in [3.8, 4) is 0 Å². The van der Waals surface area contributed by atoms with Gasteiger partial charge in [-0.25, -0.2) is 9.97 Å². The van der Waals surface area contributed by atoms with Gasteiger partial charge in [-0.1, -0.05) is 6.92 Å². The molecule has 2 fully saturated rings. The fourth-order valence-corrected chi connectivity index (χ4v) is 5.20. The Morgan fingerprint density at radius 3 is 2.47 bits per heavy atom. The van der Waals surface area contributed by atoms with Crippen LogP contribution in [0.15, 0.2) is 0 Å². The first kappa shape index (κ1) is 23.0. The number of hydrogen-bond acceptors (Lipinski definition) is 6. The summed E-state index contributed by atoms with van der Waals surface area (Å²) in [5.74, 6) is 2.69. The number of carbonyl (C=O) groups is 2. The zero-order valence-corrected chi connectivity index (χ0v) is 20.1. The van der Waals surface area contributed by atoms with Gasteiger partial charge < -0.3 is 14.7 Å². The lowest BCUT2D eigenvalue weighted by Gasteiger charge is -2.38. The van der Waals surface area contributed by atoms with Crippen LogP contribution in [0.4, 0.5) is 5.82 Å². The quantitative estimate of drug-likeness (QED) is 0.712. The van der Waals surface area contributed by atoms with E-state index in [9.17, 15) is 9.59 Å². The minimum absolute atomic E-state index is 0.0604. The fourth-order valence-electron chi connectivity index (χ4n) is 5.20. The number of piperidine rings is 2. The van der Waals surface area contributed by atoms with Gasteiger partial charge in [-0.3, -0.25) is 14.5 Å². The molecule has 32 heavy (non-hydrogen) atoms. The molecule has 176 valence electrons. The maximum absolute atomic E-state index is 13.3. The number of likely N-dealkylation sites (tertiary alicyclic amines) is 2. The second-order valence-corrected chi connectivity index (χ2v) is 9.97. The summed E-state index contributed by atoms with van der Waals surface area (Å²) in [6, 6.07) is -0.0604. The Bertz CT molecular complexity index is 849. The van der Waals surface area contributed by atoms with Gasteiger partial charge in [0.1, 0.15) is 5.82 Å². The summed E-state index contributed by atoms with van der Waals surface area (Å²) in [6.07, 6.45) is 6.12. The summed E-state index contributed by atoms with van der Waals surface area (Å²) in [6.45, 7) is 8.46. The topological polar surface area (TPSA) is 72.9 Å². The van der Waals surface area contributed by atoms with Crippen LogP contribution in [0, 0.1) is 5.92 Å². The van der Waals surface area contributed by atoms with Crippen LogP contribution >= 0.6 is 0 Å². The monoisotopic (exact) mass is 442 g/mol. The highest BCUT2D eigenvalue weighted by Gasteiger charge is 2.33. The molecule has 1 aromatic rings. The van der Waals surface area contributed by atoms with Crippen molar-refractivity contribution in [1.29, 1.82) is 0 Å². The van der Waals surface area contributed by atoms with Crippen LogP contribution in [0.2, 0.25) is 0 Å². The number of fused-ring (bicyclic) bond motifs is 1. The van der Waals surface area contributed by atoms with E-state index in [4.69, 9.17) is 9.97 Å². The van der Waals surface area contributed by atoms with Crippen molar-refractivity contribution in [3.05, 3.63) is 17.1 Å². The van der Waals surface area contributed by atoms with E-state index < -0.39 is 0 Å². The molecule has 0 unspecified atom stereocenters. The van der Waals surface area contributed by atoms with E-state index >= 15 is 0 Å². The number of nitrogens with zero attached hydrogens (tertiary/aromatic N) is 6. The Hall–Kier alpha value is -2.22. The van der Waals surface area contributed by atoms with Crippen molar-refractivity contribution in [2.45, 2.75) is 65.0 Å². The first-order chi connectivity index (χ1) is 15.3. The molecule has 1 aromatic heterocycles. The second-order valence-electron chi connectivity index (χ2n) is 9.97. The Labute approximate surface area is 192 Å². The van der Waals surface area contributed by atoms with Gasteiger partial charge in [0.05, 0.1) is 24.8 Å². The highest BCUT2D eigenvalue weighted by molar-refractivity contribution is 5.79. The number of hydrogen-bond donors (Lipinski definition) is 0. The van der Waals surface area contributed by atoms with Gasteiger partial charge in [0.15, 0.2) is 5.82 Å². The van der Waals surface area contributed by atoms with Crippen molar-refractivity contribution < 1.29 is 9.59 Å². The van der Waals surface area contributed by atoms with E-state index in [0.29, 0.717) is 19.6 Å². The minimum Gasteiger partial charge on any atom is -0.362 e. The smallest absolute Gasteiger partial charge is 0.237 e. The molecular formula is C24H38N6O2. The van der Waals surface area contributed by atoms with Gasteiger partial charge in [0, 0.05) is 46.1 Å². The SMILES string of the molecule is CC(=O)N1CCc2nc([C@H]3CCCCN3C(=O)CN3CCC(C)CC3)nc(N(C)C)c2C1. The van der Waals surface area contributed by atoms with Crippen LogP contribution in [0.5, 0.6) is 0 Å². The first-order valence-corrected chi connectivity index (χ1v) is 12.2. The summed E-state index contributed by atoms with van der Waals surface area (Å²) in [5.41, 5.74) is 2.07. The van der Waals surface area contributed by atoms with Gasteiger partial charge in [0.2, 0.25) is 11.8 Å². The van der Waals surface area contributed by atoms with Crippen molar-refractivity contribution in [2.24, 2.45) is 5.92 Å². The average molecular weight is 443 g/mol. The van der Waals surface area contributed by atoms with E-state index in [1.807, 2.05) is 28.8 Å². The number of anilines is 1. The van der Waals surface area contributed by atoms with Crippen molar-refractivity contribution in [3.63, 3.8) is 0 Å². The van der Waals surface area contributed by atoms with E-state index in [0.717, 1.165) is 74.1 Å². The van der Waals surface area contributed by atoms with E-state index in [1.165, 1.54) is 12.8 Å². The molecule has 0 aromatic carbocycles. The summed E-state index contributed by atoms with van der Waals surface area (Å²) in [7, 11) is 3.97. The largest absolute Gasteiger partial charge is 0.362 e. The lowest BCUT2D eigenvalue weighted by molar-refractivity contribution is -0.137. The van der Waals surface area contributed by atoms with Gasteiger partial charge in [0.25, 0.3) is 0 Å². The van der Waals surface area contributed by atoms with Crippen molar-refractivity contribution >= 4 is 17.6 Å². The number of aromatic nitrogens is 2. The Balaban J connectivity index is 1.57. The first-order valence-electron chi connectivity index (χ1n) is 12.2. The average Bonchev–Trinajstić information content (AvgIpc) is 2.79. The summed E-state index contributed by atoms with van der Waals surface area (Å²) < 4.78 is 0. The minimum atomic E-state index is -0.0604. The lowest BCUT2D eigenvalue weighted by Crippen LogP contribution is -2.46. The predicted octanol–water partition coefficient (Wildman–Crippen LogP) is 2.23. The molecule has 0 spiro atoms. The van der Waals surface area contributed by atoms with Crippen LogP contribution in [0.3, 0.4) is 0 Å². The molecule has 1 atom stereocenters. The zero-order valence-electron chi connectivity index (χ0n) is 20.1. The normalized spacial score (nSPS) is 22.6. The number of amides is 2. The van der Waals surface area contributed by atoms with Crippen LogP contribution < -0.4 is 4.90 Å². The van der Waals surface area contributed by atoms with E-state index in [1.54, 1.807) is 6.92 Å². The van der Waals surface area contributed by atoms with Crippen LogP contribution in [-0.4, -0.2) is 83.3 Å². The van der Waals surface area contributed by atoms with E-state index in [2.05, 4.69) is 11.8 Å². The van der Waals surface area contributed by atoms with Crippen LogP contribution in [0.25, 0.3) is 0 Å². The van der Waals surface area contributed by atoms with Gasteiger partial charge >= 0.3 is 0 Å². The third-order valence-electron chi connectivity index (χ3n) is 7.28. The second kappa shape index (κ2) is 9.73. The molecule has 0 radical (unpaired) electrons. The molecule has 2 amide bonds. The fraction of sp³-hybridized carbons (Fsp3) is 0.750. The third-order valence-corrected chi connectivity index (χ3v) is 7.28. The highest BCUT2D eigenvalue weighted by Crippen LogP contribution is 2.33. The molecule has 4 rings (SSSR count). The summed E-state index contributed by atoms with van der Waals surface area (Å²) in [4.78, 5) is 43.4. The van der Waals surface area contributed by atoms with Crippen LogP contribution in [0.1, 0.15) is 69.1 Å². The molecule has 0 saturated carbocycles. The third kappa shape index (κ3) is 4.90. The van der Waals surface area contributed by atoms with Gasteiger partial charge in [-0.2, -0.15) is 0 Å². The molecule has 0 bridgehead atoms. The molecule has 4 heterocycles. The van der Waals surface area contributed by atoms with Crippen LogP contribution in [-0.2, 0) is 22.6 Å². The number of rotatable bonds is 4. The molecule has 8 nitrogen and oxygen atoms in total. The summed E-state index contributed by atoms with van der Waals surface area (Å²) in [5, 5.41) is 0. The Morgan fingerprint density at radius 2 is 1.78 bits per heavy atom. The van der Waals surface area contributed by atoms with Crippen molar-refractivity contribution in [2.75, 3.05) is 51.7 Å². The molecule has 3 aliphatic rings. The maximum atomic E-state index is 13.3. The standard InChI is InChI=1S/C24H38N6O2/c1-17-8-12-28(13-9-17)16-22(32)30-11-6-5-7-21(30)23-25-20-10-14-29(18(2)31)15-19(20)24(26-23)27(3)4/h17,21H,5-16H2,1-4H3/t21-/m1/s1. The molecule has 2 saturated heterocycles. The van der Waals surface area contributed by atoms with Crippen molar-refractivity contribution in [1.82, 2.24) is 24.7 Å². The summed E-state index contributed by atoms with van der Waals surface area (Å²) >= 11 is 0. The highest BCUT2D eigenvalue weighted by atomic mass is 16.2.